The summed E-state index contributed by atoms with van der Waals surface area (Å²) in [4.78, 5) is 0. The maximum Gasteiger partial charge on any atom is 0.216 e. The van der Waals surface area contributed by atoms with Crippen molar-refractivity contribution in [2.75, 3.05) is 32.1 Å². The fraction of sp³-hybridized carbons (Fsp3) is 1.00. The zero-order valence-corrected chi connectivity index (χ0v) is 9.48. The molecule has 2 N–H and O–H groups in total. The number of aliphatic hydroxyl groups is 2. The quantitative estimate of drug-likeness (QED) is 0.616. The van der Waals surface area contributed by atoms with Crippen LogP contribution in [0.4, 0.5) is 0 Å². The molecule has 1 saturated heterocycles. The van der Waals surface area contributed by atoms with Crippen LogP contribution in [0.2, 0.25) is 0 Å². The average molecular weight is 239 g/mol. The van der Waals surface area contributed by atoms with Gasteiger partial charge in [-0.2, -0.15) is 4.31 Å². The predicted molar refractivity (Wildman–Crippen MR) is 53.9 cm³/mol. The van der Waals surface area contributed by atoms with Crippen molar-refractivity contribution in [1.82, 2.24) is 4.31 Å². The first kappa shape index (κ1) is 12.9. The first-order valence-corrected chi connectivity index (χ1v) is 6.45. The van der Waals surface area contributed by atoms with Gasteiger partial charge in [-0.3, -0.25) is 0 Å². The highest BCUT2D eigenvalue weighted by atomic mass is 32.2. The van der Waals surface area contributed by atoms with Gasteiger partial charge in [-0.1, -0.05) is 0 Å². The first-order chi connectivity index (χ1) is 6.99. The Morgan fingerprint density at radius 1 is 1.40 bits per heavy atom. The third-order valence-corrected chi connectivity index (χ3v) is 4.02. The molecule has 0 aromatic carbocycles. The Kier molecular flexibility index (Phi) is 4.47. The lowest BCUT2D eigenvalue weighted by molar-refractivity contribution is -0.0750. The van der Waals surface area contributed by atoms with Crippen LogP contribution in [0.15, 0.2) is 0 Å². The van der Waals surface area contributed by atoms with Crippen LogP contribution in [0.25, 0.3) is 0 Å². The van der Waals surface area contributed by atoms with Crippen LogP contribution in [-0.4, -0.2) is 67.2 Å². The Morgan fingerprint density at radius 2 is 2.07 bits per heavy atom. The second kappa shape index (κ2) is 5.22. The summed E-state index contributed by atoms with van der Waals surface area (Å²) in [5.41, 5.74) is 0. The summed E-state index contributed by atoms with van der Waals surface area (Å²) in [5.74, 6) is -0.280. The Balaban J connectivity index is 2.69. The maximum absolute atomic E-state index is 11.6. The van der Waals surface area contributed by atoms with Crippen LogP contribution in [0.3, 0.4) is 0 Å². The number of hydrogen-bond donors (Lipinski definition) is 2. The summed E-state index contributed by atoms with van der Waals surface area (Å²) in [6.45, 7) is 1.60. The number of nitrogens with zero attached hydrogens (tertiary/aromatic N) is 1. The second-order valence-corrected chi connectivity index (χ2v) is 5.70. The molecule has 0 spiro atoms. The molecule has 6 nitrogen and oxygen atoms in total. The van der Waals surface area contributed by atoms with E-state index in [-0.39, 0.29) is 31.6 Å². The minimum absolute atomic E-state index is 0.156. The van der Waals surface area contributed by atoms with Gasteiger partial charge >= 0.3 is 0 Å². The number of rotatable bonds is 4. The van der Waals surface area contributed by atoms with Gasteiger partial charge < -0.3 is 14.9 Å². The average Bonchev–Trinajstić information content (AvgIpc) is 2.16. The zero-order valence-electron chi connectivity index (χ0n) is 8.66. The molecule has 90 valence electrons. The van der Waals surface area contributed by atoms with E-state index in [1.807, 2.05) is 0 Å². The summed E-state index contributed by atoms with van der Waals surface area (Å²) in [6.07, 6.45) is -0.702. The van der Waals surface area contributed by atoms with Crippen LogP contribution >= 0.6 is 0 Å². The van der Waals surface area contributed by atoms with Crippen molar-refractivity contribution in [3.63, 3.8) is 0 Å². The molecule has 0 aromatic heterocycles. The molecule has 0 radical (unpaired) electrons. The molecule has 1 aliphatic rings. The van der Waals surface area contributed by atoms with Crippen LogP contribution in [0.5, 0.6) is 0 Å². The summed E-state index contributed by atoms with van der Waals surface area (Å²) < 4.78 is 29.8. The van der Waals surface area contributed by atoms with E-state index in [4.69, 9.17) is 14.9 Å². The lowest BCUT2D eigenvalue weighted by atomic mass is 10.2. The molecule has 2 unspecified atom stereocenters. The summed E-state index contributed by atoms with van der Waals surface area (Å²) >= 11 is 0. The highest BCUT2D eigenvalue weighted by molar-refractivity contribution is 7.89. The smallest absolute Gasteiger partial charge is 0.216 e. The normalized spacial score (nSPS) is 29.3. The molecule has 15 heavy (non-hydrogen) atoms. The van der Waals surface area contributed by atoms with Crippen molar-refractivity contribution in [2.24, 2.45) is 0 Å². The third-order valence-electron chi connectivity index (χ3n) is 2.24. The largest absolute Gasteiger partial charge is 0.395 e. The van der Waals surface area contributed by atoms with Crippen LogP contribution < -0.4 is 0 Å². The van der Waals surface area contributed by atoms with E-state index >= 15 is 0 Å². The minimum Gasteiger partial charge on any atom is -0.395 e. The van der Waals surface area contributed by atoms with Gasteiger partial charge in [0.05, 0.1) is 31.2 Å². The fourth-order valence-electron chi connectivity index (χ4n) is 1.58. The molecule has 7 heteroatoms. The summed E-state index contributed by atoms with van der Waals surface area (Å²) in [5, 5.41) is 17.6. The van der Waals surface area contributed by atoms with Crippen molar-refractivity contribution < 1.29 is 23.4 Å². The van der Waals surface area contributed by atoms with Crippen molar-refractivity contribution in [2.45, 2.75) is 19.1 Å². The Hall–Kier alpha value is -0.210. The lowest BCUT2D eigenvalue weighted by Crippen LogP contribution is -2.51. The molecule has 1 heterocycles. The van der Waals surface area contributed by atoms with Crippen molar-refractivity contribution in [3.8, 4) is 0 Å². The number of morpholine rings is 1. The predicted octanol–water partition coefficient (Wildman–Crippen LogP) is -1.61. The van der Waals surface area contributed by atoms with Crippen molar-refractivity contribution in [3.05, 3.63) is 0 Å². The first-order valence-electron chi connectivity index (χ1n) is 4.84. The lowest BCUT2D eigenvalue weighted by Gasteiger charge is -2.35. The molecule has 0 saturated carbocycles. The Morgan fingerprint density at radius 3 is 2.60 bits per heavy atom. The van der Waals surface area contributed by atoms with E-state index in [2.05, 4.69) is 0 Å². The van der Waals surface area contributed by atoms with Gasteiger partial charge in [0.25, 0.3) is 0 Å². The molecule has 1 fully saturated rings. The molecular formula is C8H17NO5S. The highest BCUT2D eigenvalue weighted by Crippen LogP contribution is 2.14. The van der Waals surface area contributed by atoms with Crippen LogP contribution in [-0.2, 0) is 14.8 Å². The second-order valence-electron chi connectivity index (χ2n) is 3.61. The van der Waals surface area contributed by atoms with Gasteiger partial charge in [0, 0.05) is 13.1 Å². The van der Waals surface area contributed by atoms with Gasteiger partial charge in [-0.25, -0.2) is 8.42 Å². The van der Waals surface area contributed by atoms with Crippen molar-refractivity contribution >= 4 is 10.0 Å². The zero-order chi connectivity index (χ0) is 11.5. The molecule has 0 aromatic rings. The van der Waals surface area contributed by atoms with E-state index < -0.39 is 22.7 Å². The molecular weight excluding hydrogens is 222 g/mol. The SMILES string of the molecule is CC1CN(S(=O)(=O)CCO)CC(CO)O1. The molecule has 0 amide bonds. The van der Waals surface area contributed by atoms with Gasteiger partial charge in [0.2, 0.25) is 10.0 Å². The van der Waals surface area contributed by atoms with Gasteiger partial charge in [-0.05, 0) is 6.92 Å². The standard InChI is InChI=1S/C8H17NO5S/c1-7-4-9(5-8(6-11)14-7)15(12,13)3-2-10/h7-8,10-11H,2-6H2,1H3. The number of hydrogen-bond acceptors (Lipinski definition) is 5. The fourth-order valence-corrected chi connectivity index (χ4v) is 2.89. The van der Waals surface area contributed by atoms with E-state index in [0.717, 1.165) is 0 Å². The third kappa shape index (κ3) is 3.39. The van der Waals surface area contributed by atoms with Crippen LogP contribution in [0, 0.1) is 0 Å². The van der Waals surface area contributed by atoms with E-state index in [1.54, 1.807) is 6.92 Å². The summed E-state index contributed by atoms with van der Waals surface area (Å²) in [6, 6.07) is 0. The monoisotopic (exact) mass is 239 g/mol. The maximum atomic E-state index is 11.6. The highest BCUT2D eigenvalue weighted by Gasteiger charge is 2.31. The van der Waals surface area contributed by atoms with Gasteiger partial charge in [0.15, 0.2) is 0 Å². The Bertz CT molecular complexity index is 291. The van der Waals surface area contributed by atoms with E-state index in [9.17, 15) is 8.42 Å². The topological polar surface area (TPSA) is 87.1 Å². The van der Waals surface area contributed by atoms with Gasteiger partial charge in [-0.15, -0.1) is 0 Å². The van der Waals surface area contributed by atoms with Crippen molar-refractivity contribution in [1.29, 1.82) is 0 Å². The van der Waals surface area contributed by atoms with E-state index in [0.29, 0.717) is 0 Å². The molecule has 2 atom stereocenters. The molecule has 1 aliphatic heterocycles. The number of ether oxygens (including phenoxy) is 1. The summed E-state index contributed by atoms with van der Waals surface area (Å²) in [7, 11) is -3.42. The molecule has 0 bridgehead atoms. The Labute approximate surface area is 89.5 Å². The number of aliphatic hydroxyl groups excluding tert-OH is 2. The van der Waals surface area contributed by atoms with E-state index in [1.165, 1.54) is 4.31 Å². The minimum atomic E-state index is -3.42. The molecule has 0 aliphatic carbocycles. The van der Waals surface area contributed by atoms with Crippen LogP contribution in [0.1, 0.15) is 6.92 Å². The van der Waals surface area contributed by atoms with Gasteiger partial charge in [0.1, 0.15) is 0 Å². The molecule has 1 rings (SSSR count). The number of sulfonamides is 1.